The van der Waals surface area contributed by atoms with Crippen LogP contribution in [0.25, 0.3) is 0 Å². The van der Waals surface area contributed by atoms with Gasteiger partial charge in [-0.15, -0.1) is 0 Å². The summed E-state index contributed by atoms with van der Waals surface area (Å²) in [6, 6.07) is 12.1. The van der Waals surface area contributed by atoms with E-state index in [1.165, 1.54) is 0 Å². The molecule has 6 heteroatoms. The fourth-order valence-corrected chi connectivity index (χ4v) is 4.41. The van der Waals surface area contributed by atoms with Crippen LogP contribution in [-0.4, -0.2) is 26.8 Å². The van der Waals surface area contributed by atoms with Crippen LogP contribution in [0, 0.1) is 11.8 Å². The molecular formula is C20H18O6. The molecule has 134 valence electrons. The summed E-state index contributed by atoms with van der Waals surface area (Å²) in [5.74, 6) is 3.83. The second-order valence-corrected chi connectivity index (χ2v) is 7.06. The lowest BCUT2D eigenvalue weighted by molar-refractivity contribution is 0.0192. The first-order valence-electron chi connectivity index (χ1n) is 8.89. The van der Waals surface area contributed by atoms with Crippen molar-refractivity contribution in [1.82, 2.24) is 0 Å². The molecule has 4 aliphatic rings. The van der Waals surface area contributed by atoms with Crippen molar-refractivity contribution in [2.24, 2.45) is 11.8 Å². The Kier molecular flexibility index (Phi) is 3.12. The molecule has 2 aromatic rings. The van der Waals surface area contributed by atoms with E-state index < -0.39 is 0 Å². The van der Waals surface area contributed by atoms with E-state index in [-0.39, 0.29) is 25.8 Å². The van der Waals surface area contributed by atoms with Crippen LogP contribution in [0.1, 0.15) is 23.3 Å². The highest BCUT2D eigenvalue weighted by Crippen LogP contribution is 2.52. The van der Waals surface area contributed by atoms with E-state index in [2.05, 4.69) is 12.1 Å². The van der Waals surface area contributed by atoms with Crippen molar-refractivity contribution in [2.45, 2.75) is 12.2 Å². The van der Waals surface area contributed by atoms with Crippen LogP contribution in [-0.2, 0) is 9.47 Å². The van der Waals surface area contributed by atoms with E-state index >= 15 is 0 Å². The zero-order chi connectivity index (χ0) is 17.1. The fourth-order valence-electron chi connectivity index (χ4n) is 4.41. The molecule has 2 saturated heterocycles. The summed E-state index contributed by atoms with van der Waals surface area (Å²) in [5, 5.41) is 0. The zero-order valence-electron chi connectivity index (χ0n) is 14.1. The SMILES string of the molecule is c1cc2c(cc1[C@H]1OC[C@H]3[C@H]1CO[C@H]3c1ccc3c(c1)OCO3)OCO2. The lowest BCUT2D eigenvalue weighted by Gasteiger charge is -2.17. The van der Waals surface area contributed by atoms with Gasteiger partial charge in [0, 0.05) is 11.8 Å². The monoisotopic (exact) mass is 354 g/mol. The highest BCUT2D eigenvalue weighted by molar-refractivity contribution is 5.46. The number of fused-ring (bicyclic) bond motifs is 3. The van der Waals surface area contributed by atoms with Crippen LogP contribution in [0.15, 0.2) is 36.4 Å². The van der Waals surface area contributed by atoms with Crippen molar-refractivity contribution >= 4 is 0 Å². The number of benzene rings is 2. The van der Waals surface area contributed by atoms with Gasteiger partial charge in [-0.1, -0.05) is 12.1 Å². The molecule has 4 atom stereocenters. The number of ether oxygens (including phenoxy) is 6. The molecule has 0 saturated carbocycles. The average Bonchev–Trinajstić information content (AvgIpc) is 3.42. The number of hydrogen-bond acceptors (Lipinski definition) is 6. The van der Waals surface area contributed by atoms with E-state index in [0.717, 1.165) is 34.1 Å². The summed E-state index contributed by atoms with van der Waals surface area (Å²) in [6.45, 7) is 1.93. The third-order valence-electron chi connectivity index (χ3n) is 5.71. The molecule has 0 radical (unpaired) electrons. The van der Waals surface area contributed by atoms with Gasteiger partial charge >= 0.3 is 0 Å². The van der Waals surface area contributed by atoms with Gasteiger partial charge in [0.15, 0.2) is 23.0 Å². The Balaban J connectivity index is 1.27. The maximum absolute atomic E-state index is 6.18. The highest BCUT2D eigenvalue weighted by atomic mass is 16.7. The van der Waals surface area contributed by atoms with Gasteiger partial charge in [-0.2, -0.15) is 0 Å². The van der Waals surface area contributed by atoms with Gasteiger partial charge in [-0.25, -0.2) is 0 Å². The molecule has 6 nitrogen and oxygen atoms in total. The molecule has 2 aromatic carbocycles. The third-order valence-corrected chi connectivity index (χ3v) is 5.71. The fraction of sp³-hybridized carbons (Fsp3) is 0.400. The van der Waals surface area contributed by atoms with Crippen LogP contribution in [0.2, 0.25) is 0 Å². The minimum atomic E-state index is 0.0218. The normalized spacial score (nSPS) is 30.6. The molecule has 0 spiro atoms. The molecular weight excluding hydrogens is 336 g/mol. The van der Waals surface area contributed by atoms with Crippen LogP contribution in [0.3, 0.4) is 0 Å². The predicted octanol–water partition coefficient (Wildman–Crippen LogP) is 3.22. The Hall–Kier alpha value is -2.44. The summed E-state index contributed by atoms with van der Waals surface area (Å²) in [4.78, 5) is 0. The Labute approximate surface area is 150 Å². The average molecular weight is 354 g/mol. The van der Waals surface area contributed by atoms with Gasteiger partial charge in [0.05, 0.1) is 25.4 Å². The molecule has 2 fully saturated rings. The summed E-state index contributed by atoms with van der Waals surface area (Å²) in [6.07, 6.45) is 0.0435. The van der Waals surface area contributed by atoms with Crippen LogP contribution in [0.5, 0.6) is 23.0 Å². The van der Waals surface area contributed by atoms with Crippen molar-refractivity contribution in [2.75, 3.05) is 26.8 Å². The van der Waals surface area contributed by atoms with Crippen LogP contribution < -0.4 is 18.9 Å². The van der Waals surface area contributed by atoms with Gasteiger partial charge in [0.1, 0.15) is 0 Å². The smallest absolute Gasteiger partial charge is 0.231 e. The molecule has 4 aliphatic heterocycles. The summed E-state index contributed by atoms with van der Waals surface area (Å²) >= 11 is 0. The molecule has 0 unspecified atom stereocenters. The van der Waals surface area contributed by atoms with E-state index in [1.807, 2.05) is 24.3 Å². The topological polar surface area (TPSA) is 55.4 Å². The quantitative estimate of drug-likeness (QED) is 0.825. The van der Waals surface area contributed by atoms with Gasteiger partial charge in [-0.3, -0.25) is 0 Å². The Morgan fingerprint density at radius 2 is 1.04 bits per heavy atom. The lowest BCUT2D eigenvalue weighted by atomic mass is 9.85. The Morgan fingerprint density at radius 3 is 1.54 bits per heavy atom. The molecule has 6 rings (SSSR count). The van der Waals surface area contributed by atoms with E-state index in [1.54, 1.807) is 0 Å². The number of hydrogen-bond donors (Lipinski definition) is 0. The largest absolute Gasteiger partial charge is 0.454 e. The number of rotatable bonds is 2. The molecule has 0 aromatic heterocycles. The second kappa shape index (κ2) is 5.53. The molecule has 0 amide bonds. The molecule has 26 heavy (non-hydrogen) atoms. The summed E-state index contributed by atoms with van der Waals surface area (Å²) < 4.78 is 34.2. The Morgan fingerprint density at radius 1 is 0.577 bits per heavy atom. The first kappa shape index (κ1) is 14.7. The molecule has 0 aliphatic carbocycles. The van der Waals surface area contributed by atoms with E-state index in [4.69, 9.17) is 28.4 Å². The van der Waals surface area contributed by atoms with E-state index in [9.17, 15) is 0 Å². The van der Waals surface area contributed by atoms with Crippen molar-refractivity contribution < 1.29 is 28.4 Å². The maximum atomic E-state index is 6.18. The standard InChI is InChI=1S/C20H18O6/c1-3-15-17(25-9-23-15)5-11(1)19-13-7-22-20(14(13)8-21-19)12-2-4-16-18(6-12)26-10-24-16/h1-6,13-14,19-20H,7-10H2/t13-,14+,19-,20+. The minimum Gasteiger partial charge on any atom is -0.454 e. The van der Waals surface area contributed by atoms with Crippen LogP contribution in [0.4, 0.5) is 0 Å². The van der Waals surface area contributed by atoms with Crippen molar-refractivity contribution in [1.29, 1.82) is 0 Å². The zero-order valence-corrected chi connectivity index (χ0v) is 14.1. The first-order valence-corrected chi connectivity index (χ1v) is 8.89. The highest BCUT2D eigenvalue weighted by Gasteiger charge is 2.48. The van der Waals surface area contributed by atoms with Gasteiger partial charge in [0.25, 0.3) is 0 Å². The molecule has 0 N–H and O–H groups in total. The van der Waals surface area contributed by atoms with Crippen LogP contribution >= 0.6 is 0 Å². The summed E-state index contributed by atoms with van der Waals surface area (Å²) in [5.41, 5.74) is 2.24. The second-order valence-electron chi connectivity index (χ2n) is 7.06. The van der Waals surface area contributed by atoms with E-state index in [0.29, 0.717) is 25.0 Å². The van der Waals surface area contributed by atoms with Gasteiger partial charge in [-0.05, 0) is 35.4 Å². The maximum Gasteiger partial charge on any atom is 0.231 e. The predicted molar refractivity (Wildman–Crippen MR) is 89.5 cm³/mol. The third kappa shape index (κ3) is 2.12. The molecule has 0 bridgehead atoms. The molecule has 4 heterocycles. The first-order chi connectivity index (χ1) is 12.9. The summed E-state index contributed by atoms with van der Waals surface area (Å²) in [7, 11) is 0. The van der Waals surface area contributed by atoms with Crippen molar-refractivity contribution in [3.8, 4) is 23.0 Å². The lowest BCUT2D eigenvalue weighted by Crippen LogP contribution is -2.14. The van der Waals surface area contributed by atoms with Gasteiger partial charge in [0.2, 0.25) is 13.6 Å². The van der Waals surface area contributed by atoms with Gasteiger partial charge < -0.3 is 28.4 Å². The Bertz CT molecular complexity index is 794. The minimum absolute atomic E-state index is 0.0218. The van der Waals surface area contributed by atoms with Crippen molar-refractivity contribution in [3.05, 3.63) is 47.5 Å². The van der Waals surface area contributed by atoms with Crippen molar-refractivity contribution in [3.63, 3.8) is 0 Å².